The molecule has 1 aliphatic heterocycles. The Kier molecular flexibility index (Phi) is 4.60. The number of benzene rings is 1. The van der Waals surface area contributed by atoms with Crippen LogP contribution in [0.25, 0.3) is 0 Å². The van der Waals surface area contributed by atoms with Crippen molar-refractivity contribution < 1.29 is 19.4 Å². The van der Waals surface area contributed by atoms with Gasteiger partial charge in [0.05, 0.1) is 5.60 Å². The number of hydrogen-bond donors (Lipinski definition) is 2. The van der Waals surface area contributed by atoms with Crippen molar-refractivity contribution in [2.45, 2.75) is 43.7 Å². The van der Waals surface area contributed by atoms with Crippen LogP contribution in [0.1, 0.15) is 42.5 Å². The summed E-state index contributed by atoms with van der Waals surface area (Å²) in [5, 5.41) is 12.8. The molecular weight excluding hydrogens is 318 g/mol. The van der Waals surface area contributed by atoms with Crippen LogP contribution < -0.4 is 5.32 Å². The molecule has 124 valence electrons. The summed E-state index contributed by atoms with van der Waals surface area (Å²) in [4.78, 5) is 24.0. The number of carbonyl (C=O) groups excluding carboxylic acids is 1. The lowest BCUT2D eigenvalue weighted by Crippen LogP contribution is -2.53. The van der Waals surface area contributed by atoms with Crippen LogP contribution in [0.4, 0.5) is 0 Å². The minimum Gasteiger partial charge on any atom is -0.480 e. The number of carbonyl (C=O) groups is 2. The Balaban J connectivity index is 1.70. The van der Waals surface area contributed by atoms with Crippen LogP contribution >= 0.6 is 11.6 Å². The first kappa shape index (κ1) is 16.3. The van der Waals surface area contributed by atoms with E-state index in [4.69, 9.17) is 16.3 Å². The molecule has 0 radical (unpaired) electrons. The van der Waals surface area contributed by atoms with Crippen molar-refractivity contribution in [1.82, 2.24) is 5.32 Å². The maximum Gasteiger partial charge on any atom is 0.326 e. The molecule has 1 aromatic rings. The molecule has 6 heteroatoms. The Morgan fingerprint density at radius 3 is 2.57 bits per heavy atom. The van der Waals surface area contributed by atoms with Crippen molar-refractivity contribution in [2.75, 3.05) is 6.61 Å². The second kappa shape index (κ2) is 6.49. The first-order valence-corrected chi connectivity index (χ1v) is 8.30. The molecule has 3 rings (SSSR count). The second-order valence-corrected chi connectivity index (χ2v) is 6.87. The van der Waals surface area contributed by atoms with E-state index in [0.29, 0.717) is 30.0 Å². The van der Waals surface area contributed by atoms with Gasteiger partial charge < -0.3 is 15.2 Å². The smallest absolute Gasteiger partial charge is 0.326 e. The van der Waals surface area contributed by atoms with Gasteiger partial charge in [-0.25, -0.2) is 4.79 Å². The minimum atomic E-state index is -0.992. The molecule has 0 aromatic heterocycles. The highest BCUT2D eigenvalue weighted by atomic mass is 35.5. The summed E-state index contributed by atoms with van der Waals surface area (Å²) in [5.74, 6) is -1.48. The zero-order valence-corrected chi connectivity index (χ0v) is 13.5. The fraction of sp³-hybridized carbons (Fsp3) is 0.529. The quantitative estimate of drug-likeness (QED) is 0.885. The Hall–Kier alpha value is -1.59. The number of carboxylic acid groups (broad SMARTS) is 1. The number of rotatable bonds is 4. The molecule has 1 heterocycles. The average molecular weight is 338 g/mol. The van der Waals surface area contributed by atoms with Gasteiger partial charge in [0.15, 0.2) is 0 Å². The highest BCUT2D eigenvalue weighted by molar-refractivity contribution is 6.30. The van der Waals surface area contributed by atoms with Gasteiger partial charge in [-0.2, -0.15) is 0 Å². The summed E-state index contributed by atoms with van der Waals surface area (Å²) < 4.78 is 5.84. The van der Waals surface area contributed by atoms with E-state index >= 15 is 0 Å². The van der Waals surface area contributed by atoms with Crippen molar-refractivity contribution in [3.8, 4) is 0 Å². The lowest BCUT2D eigenvalue weighted by Gasteiger charge is -2.48. The van der Waals surface area contributed by atoms with E-state index in [0.717, 1.165) is 19.3 Å². The molecular formula is C17H20ClNO4. The SMILES string of the molecule is O=C(NC(C(=O)O)C1CCOC2(CCC2)C1)c1ccc(Cl)cc1. The molecule has 1 aromatic carbocycles. The molecule has 1 saturated heterocycles. The van der Waals surface area contributed by atoms with Crippen LogP contribution in [0.15, 0.2) is 24.3 Å². The number of ether oxygens (including phenoxy) is 1. The number of amides is 1. The third-order valence-corrected chi connectivity index (χ3v) is 5.18. The first-order valence-electron chi connectivity index (χ1n) is 7.92. The van der Waals surface area contributed by atoms with E-state index in [-0.39, 0.29) is 17.4 Å². The molecule has 1 saturated carbocycles. The van der Waals surface area contributed by atoms with E-state index < -0.39 is 12.0 Å². The van der Waals surface area contributed by atoms with Crippen molar-refractivity contribution >= 4 is 23.5 Å². The highest BCUT2D eigenvalue weighted by Gasteiger charge is 2.46. The number of nitrogens with one attached hydrogen (secondary N) is 1. The van der Waals surface area contributed by atoms with Gasteiger partial charge in [0.25, 0.3) is 5.91 Å². The summed E-state index contributed by atoms with van der Waals surface area (Å²) in [6.45, 7) is 0.561. The van der Waals surface area contributed by atoms with E-state index in [1.165, 1.54) is 0 Å². The summed E-state index contributed by atoms with van der Waals surface area (Å²) in [6.07, 6.45) is 4.45. The van der Waals surface area contributed by atoms with Crippen LogP contribution in [0.3, 0.4) is 0 Å². The molecule has 2 atom stereocenters. The van der Waals surface area contributed by atoms with Crippen molar-refractivity contribution in [2.24, 2.45) is 5.92 Å². The topological polar surface area (TPSA) is 75.6 Å². The monoisotopic (exact) mass is 337 g/mol. The largest absolute Gasteiger partial charge is 0.480 e. The Morgan fingerprint density at radius 2 is 2.00 bits per heavy atom. The van der Waals surface area contributed by atoms with Gasteiger partial charge in [-0.1, -0.05) is 11.6 Å². The first-order chi connectivity index (χ1) is 11.0. The molecule has 1 amide bonds. The summed E-state index contributed by atoms with van der Waals surface area (Å²) in [7, 11) is 0. The van der Waals surface area contributed by atoms with E-state index in [1.54, 1.807) is 24.3 Å². The van der Waals surface area contributed by atoms with Gasteiger partial charge in [-0.3, -0.25) is 4.79 Å². The van der Waals surface area contributed by atoms with Gasteiger partial charge in [-0.15, -0.1) is 0 Å². The molecule has 5 nitrogen and oxygen atoms in total. The van der Waals surface area contributed by atoms with Crippen molar-refractivity contribution in [3.05, 3.63) is 34.9 Å². The van der Waals surface area contributed by atoms with Gasteiger partial charge in [0.1, 0.15) is 6.04 Å². The number of carboxylic acids is 1. The molecule has 1 aliphatic carbocycles. The number of halogens is 1. The van der Waals surface area contributed by atoms with Gasteiger partial charge in [-0.05, 0) is 62.3 Å². The zero-order chi connectivity index (χ0) is 16.4. The lowest BCUT2D eigenvalue weighted by molar-refractivity contribution is -0.157. The molecule has 2 aliphatic rings. The standard InChI is InChI=1S/C17H20ClNO4/c18-13-4-2-11(3-5-13)15(20)19-14(16(21)22)12-6-9-23-17(10-12)7-1-8-17/h2-5,12,14H,1,6-10H2,(H,19,20)(H,21,22). The molecule has 0 bridgehead atoms. The fourth-order valence-corrected chi connectivity index (χ4v) is 3.60. The molecule has 2 unspecified atom stereocenters. The molecule has 2 fully saturated rings. The van der Waals surface area contributed by atoms with Crippen LogP contribution in [-0.4, -0.2) is 35.2 Å². The third-order valence-electron chi connectivity index (χ3n) is 4.93. The molecule has 23 heavy (non-hydrogen) atoms. The zero-order valence-electron chi connectivity index (χ0n) is 12.8. The van der Waals surface area contributed by atoms with Crippen molar-refractivity contribution in [1.29, 1.82) is 0 Å². The van der Waals surface area contributed by atoms with Gasteiger partial charge in [0.2, 0.25) is 0 Å². The average Bonchev–Trinajstić information content (AvgIpc) is 2.51. The molecule has 2 N–H and O–H groups in total. The van der Waals surface area contributed by atoms with Crippen LogP contribution in [0.2, 0.25) is 5.02 Å². The Labute approximate surface area is 140 Å². The van der Waals surface area contributed by atoms with E-state index in [9.17, 15) is 14.7 Å². The predicted molar refractivity (Wildman–Crippen MR) is 85.6 cm³/mol. The normalized spacial score (nSPS) is 23.8. The summed E-state index contributed by atoms with van der Waals surface area (Å²) >= 11 is 5.81. The molecule has 1 spiro atoms. The highest BCUT2D eigenvalue weighted by Crippen LogP contribution is 2.45. The van der Waals surface area contributed by atoms with Crippen LogP contribution in [0.5, 0.6) is 0 Å². The number of hydrogen-bond acceptors (Lipinski definition) is 3. The lowest BCUT2D eigenvalue weighted by atomic mass is 9.70. The van der Waals surface area contributed by atoms with Gasteiger partial charge in [0, 0.05) is 17.2 Å². The Morgan fingerprint density at radius 1 is 1.30 bits per heavy atom. The second-order valence-electron chi connectivity index (χ2n) is 6.43. The van der Waals surface area contributed by atoms with Gasteiger partial charge >= 0.3 is 5.97 Å². The maximum atomic E-state index is 12.3. The number of aliphatic carboxylic acids is 1. The summed E-state index contributed by atoms with van der Waals surface area (Å²) in [6, 6.07) is 5.52. The van der Waals surface area contributed by atoms with E-state index in [2.05, 4.69) is 5.32 Å². The van der Waals surface area contributed by atoms with Crippen LogP contribution in [-0.2, 0) is 9.53 Å². The third kappa shape index (κ3) is 3.51. The van der Waals surface area contributed by atoms with E-state index in [1.807, 2.05) is 0 Å². The minimum absolute atomic E-state index is 0.0993. The predicted octanol–water partition coefficient (Wildman–Crippen LogP) is 2.87. The summed E-state index contributed by atoms with van der Waals surface area (Å²) in [5.41, 5.74) is 0.257. The Bertz CT molecular complexity index is 597. The van der Waals surface area contributed by atoms with Crippen molar-refractivity contribution in [3.63, 3.8) is 0 Å². The fourth-order valence-electron chi connectivity index (χ4n) is 3.48. The maximum absolute atomic E-state index is 12.3. The van der Waals surface area contributed by atoms with Crippen LogP contribution in [0, 0.1) is 5.92 Å².